The van der Waals surface area contributed by atoms with E-state index in [2.05, 4.69) is 5.32 Å². The van der Waals surface area contributed by atoms with Gasteiger partial charge in [-0.25, -0.2) is 0 Å². The van der Waals surface area contributed by atoms with E-state index in [1.807, 2.05) is 0 Å². The van der Waals surface area contributed by atoms with Crippen LogP contribution >= 0.6 is 0 Å². The normalized spacial score (nSPS) is 14.4. The summed E-state index contributed by atoms with van der Waals surface area (Å²) in [4.78, 5) is 21.1. The minimum absolute atomic E-state index is 0.0294. The highest BCUT2D eigenvalue weighted by molar-refractivity contribution is 7.84. The van der Waals surface area contributed by atoms with E-state index in [9.17, 15) is 13.8 Å². The summed E-state index contributed by atoms with van der Waals surface area (Å²) in [5, 5.41) is 10.7. The Bertz CT molecular complexity index is 241. The highest BCUT2D eigenvalue weighted by Crippen LogP contribution is 1.92. The van der Waals surface area contributed by atoms with Gasteiger partial charge in [0, 0.05) is 35.3 Å². The topological polar surface area (TPSA) is 83.5 Å². The summed E-state index contributed by atoms with van der Waals surface area (Å²) >= 11 is 0. The van der Waals surface area contributed by atoms with Crippen LogP contribution < -0.4 is 5.32 Å². The fourth-order valence-electron chi connectivity index (χ4n) is 0.684. The first kappa shape index (κ1) is 13.1. The molecule has 0 aliphatic heterocycles. The molecule has 82 valence electrons. The molecule has 0 spiro atoms. The molecule has 0 aliphatic carbocycles. The van der Waals surface area contributed by atoms with Crippen LogP contribution in [0.2, 0.25) is 0 Å². The zero-order valence-electron chi connectivity index (χ0n) is 8.28. The molecule has 0 saturated carbocycles. The number of carboxylic acid groups (broad SMARTS) is 1. The third-order valence-electron chi connectivity index (χ3n) is 1.72. The fourth-order valence-corrected chi connectivity index (χ4v) is 1.00. The summed E-state index contributed by atoms with van der Waals surface area (Å²) in [6, 6.07) is 0. The molecule has 0 aliphatic rings. The summed E-state index contributed by atoms with van der Waals surface area (Å²) < 4.78 is 10.9. The third-order valence-corrected chi connectivity index (χ3v) is 3.02. The van der Waals surface area contributed by atoms with Gasteiger partial charge < -0.3 is 10.4 Å². The van der Waals surface area contributed by atoms with Gasteiger partial charge in [0.05, 0.1) is 6.42 Å². The predicted molar refractivity (Wildman–Crippen MR) is 53.4 cm³/mol. The Hall–Kier alpha value is -0.910. The highest BCUT2D eigenvalue weighted by Gasteiger charge is 2.09. The number of carbonyl (C=O) groups excluding carboxylic acids is 1. The van der Waals surface area contributed by atoms with E-state index >= 15 is 0 Å². The molecule has 0 aromatic rings. The average Bonchev–Trinajstić information content (AvgIpc) is 2.10. The van der Waals surface area contributed by atoms with E-state index in [0.717, 1.165) is 0 Å². The summed E-state index contributed by atoms with van der Waals surface area (Å²) in [5.74, 6) is -1.31. The smallest absolute Gasteiger partial charge is 0.303 e. The molecular weight excluding hydrogens is 206 g/mol. The minimum Gasteiger partial charge on any atom is -0.481 e. The fraction of sp³-hybridized carbons (Fsp3) is 0.750. The highest BCUT2D eigenvalue weighted by atomic mass is 32.2. The third kappa shape index (κ3) is 6.59. The molecule has 0 radical (unpaired) electrons. The van der Waals surface area contributed by atoms with Gasteiger partial charge in [-0.3, -0.25) is 13.8 Å². The molecule has 0 rings (SSSR count). The molecule has 0 aromatic carbocycles. The lowest BCUT2D eigenvalue weighted by molar-refractivity contribution is -0.138. The van der Waals surface area contributed by atoms with Gasteiger partial charge in [0.25, 0.3) is 0 Å². The van der Waals surface area contributed by atoms with Crippen LogP contribution in [0.1, 0.15) is 19.8 Å². The van der Waals surface area contributed by atoms with Crippen LogP contribution in [-0.2, 0) is 20.4 Å². The molecule has 0 heterocycles. The SMILES string of the molecule is CC(CNC(=O)CCC(=O)O)S(C)=O. The second kappa shape index (κ2) is 6.53. The zero-order chi connectivity index (χ0) is 11.1. The van der Waals surface area contributed by atoms with Crippen molar-refractivity contribution in [2.75, 3.05) is 12.8 Å². The molecule has 2 unspecified atom stereocenters. The molecule has 0 bridgehead atoms. The summed E-state index contributed by atoms with van der Waals surface area (Å²) in [7, 11) is -0.971. The van der Waals surface area contributed by atoms with Crippen LogP contribution in [0.25, 0.3) is 0 Å². The number of aliphatic carboxylic acids is 1. The van der Waals surface area contributed by atoms with Crippen molar-refractivity contribution in [2.24, 2.45) is 0 Å². The lowest BCUT2D eigenvalue weighted by Crippen LogP contribution is -2.32. The van der Waals surface area contributed by atoms with Crippen LogP contribution in [0, 0.1) is 0 Å². The Morgan fingerprint density at radius 3 is 2.43 bits per heavy atom. The van der Waals surface area contributed by atoms with Crippen molar-refractivity contribution >= 4 is 22.7 Å². The summed E-state index contributed by atoms with van der Waals surface area (Å²) in [5.41, 5.74) is 0. The van der Waals surface area contributed by atoms with Crippen molar-refractivity contribution in [1.82, 2.24) is 5.32 Å². The van der Waals surface area contributed by atoms with Crippen molar-refractivity contribution in [1.29, 1.82) is 0 Å². The number of carboxylic acids is 1. The van der Waals surface area contributed by atoms with E-state index in [0.29, 0.717) is 6.54 Å². The maximum absolute atomic E-state index is 11.0. The predicted octanol–water partition coefficient (Wildman–Crippen LogP) is -0.266. The molecule has 14 heavy (non-hydrogen) atoms. The van der Waals surface area contributed by atoms with Gasteiger partial charge in [-0.2, -0.15) is 0 Å². The van der Waals surface area contributed by atoms with Crippen LogP contribution in [0.4, 0.5) is 0 Å². The number of amides is 1. The van der Waals surface area contributed by atoms with Crippen LogP contribution in [0.3, 0.4) is 0 Å². The van der Waals surface area contributed by atoms with Gasteiger partial charge in [0.2, 0.25) is 5.91 Å². The molecular formula is C8H15NO4S. The Morgan fingerprint density at radius 2 is 2.00 bits per heavy atom. The molecule has 5 nitrogen and oxygen atoms in total. The van der Waals surface area contributed by atoms with E-state index in [1.165, 1.54) is 0 Å². The number of nitrogens with one attached hydrogen (secondary N) is 1. The Kier molecular flexibility index (Phi) is 6.11. The quantitative estimate of drug-likeness (QED) is 0.647. The van der Waals surface area contributed by atoms with E-state index in [-0.39, 0.29) is 24.0 Å². The minimum atomic E-state index is -0.993. The average molecular weight is 221 g/mol. The van der Waals surface area contributed by atoms with Gasteiger partial charge >= 0.3 is 5.97 Å². The molecule has 1 amide bonds. The second-order valence-corrected chi connectivity index (χ2v) is 4.81. The van der Waals surface area contributed by atoms with E-state index in [1.54, 1.807) is 13.2 Å². The standard InChI is InChI=1S/C8H15NO4S/c1-6(14(2)13)5-9-7(10)3-4-8(11)12/h6H,3-5H2,1-2H3,(H,9,10)(H,11,12). The monoisotopic (exact) mass is 221 g/mol. The second-order valence-electron chi connectivity index (χ2n) is 3.01. The van der Waals surface area contributed by atoms with E-state index in [4.69, 9.17) is 5.11 Å². The lowest BCUT2D eigenvalue weighted by Gasteiger charge is -2.09. The maximum atomic E-state index is 11.0. The van der Waals surface area contributed by atoms with Crippen molar-refractivity contribution in [3.8, 4) is 0 Å². The zero-order valence-corrected chi connectivity index (χ0v) is 9.10. The maximum Gasteiger partial charge on any atom is 0.303 e. The van der Waals surface area contributed by atoms with Gasteiger partial charge in [0.15, 0.2) is 0 Å². The van der Waals surface area contributed by atoms with Gasteiger partial charge in [-0.15, -0.1) is 0 Å². The Morgan fingerprint density at radius 1 is 1.43 bits per heavy atom. The Labute approximate surface area is 85.3 Å². The molecule has 0 fully saturated rings. The number of hydrogen-bond acceptors (Lipinski definition) is 3. The Balaban J connectivity index is 3.64. The lowest BCUT2D eigenvalue weighted by atomic mass is 10.3. The van der Waals surface area contributed by atoms with Crippen molar-refractivity contribution in [2.45, 2.75) is 25.0 Å². The number of rotatable bonds is 6. The van der Waals surface area contributed by atoms with E-state index < -0.39 is 16.8 Å². The van der Waals surface area contributed by atoms with Gasteiger partial charge in [-0.05, 0) is 6.92 Å². The molecule has 6 heteroatoms. The van der Waals surface area contributed by atoms with Gasteiger partial charge in [0.1, 0.15) is 0 Å². The number of hydrogen-bond donors (Lipinski definition) is 2. The summed E-state index contributed by atoms with van der Waals surface area (Å²) in [6.45, 7) is 2.08. The van der Waals surface area contributed by atoms with Gasteiger partial charge in [-0.1, -0.05) is 0 Å². The molecule has 2 N–H and O–H groups in total. The van der Waals surface area contributed by atoms with Crippen molar-refractivity contribution < 1.29 is 18.9 Å². The van der Waals surface area contributed by atoms with Crippen molar-refractivity contribution in [3.05, 3.63) is 0 Å². The first-order valence-corrected chi connectivity index (χ1v) is 5.86. The molecule has 0 saturated heterocycles. The first-order valence-electron chi connectivity index (χ1n) is 4.24. The first-order chi connectivity index (χ1) is 6.43. The molecule has 0 aromatic heterocycles. The van der Waals surface area contributed by atoms with Crippen LogP contribution in [0.5, 0.6) is 0 Å². The largest absolute Gasteiger partial charge is 0.481 e. The van der Waals surface area contributed by atoms with Crippen molar-refractivity contribution in [3.63, 3.8) is 0 Å². The number of carbonyl (C=O) groups is 2. The van der Waals surface area contributed by atoms with Crippen LogP contribution in [-0.4, -0.2) is 39.2 Å². The summed E-state index contributed by atoms with van der Waals surface area (Å²) in [6.07, 6.45) is 1.36. The van der Waals surface area contributed by atoms with Crippen LogP contribution in [0.15, 0.2) is 0 Å². The molecule has 2 atom stereocenters.